The molecule has 0 amide bonds. The van der Waals surface area contributed by atoms with Crippen LogP contribution in [0.1, 0.15) is 36.9 Å². The normalized spacial score (nSPS) is 12.5. The van der Waals surface area contributed by atoms with E-state index >= 15 is 0 Å². The zero-order valence-corrected chi connectivity index (χ0v) is 11.1. The van der Waals surface area contributed by atoms with E-state index < -0.39 is 17.8 Å². The summed E-state index contributed by atoms with van der Waals surface area (Å²) < 4.78 is 14.2. The Kier molecular flexibility index (Phi) is 5.08. The molecule has 0 bridgehead atoms. The van der Waals surface area contributed by atoms with Crippen LogP contribution in [0.2, 0.25) is 0 Å². The molecule has 0 saturated heterocycles. The molecule has 0 radical (unpaired) electrons. The van der Waals surface area contributed by atoms with Gasteiger partial charge < -0.3 is 10.8 Å². The van der Waals surface area contributed by atoms with Crippen LogP contribution in [0.25, 0.3) is 0 Å². The van der Waals surface area contributed by atoms with E-state index in [1.54, 1.807) is 12.1 Å². The van der Waals surface area contributed by atoms with E-state index in [2.05, 4.69) is 15.9 Å². The summed E-state index contributed by atoms with van der Waals surface area (Å²) >= 11 is 3.14. The highest BCUT2D eigenvalue weighted by Crippen LogP contribution is 2.27. The third-order valence-electron chi connectivity index (χ3n) is 2.59. The first kappa shape index (κ1) is 14.1. The number of hydrogen-bond donors (Lipinski definition) is 2. The summed E-state index contributed by atoms with van der Waals surface area (Å²) in [6, 6.07) is 2.82. The topological polar surface area (TPSA) is 63.3 Å². The van der Waals surface area contributed by atoms with Crippen LogP contribution in [0.15, 0.2) is 16.6 Å². The van der Waals surface area contributed by atoms with Crippen LogP contribution in [-0.2, 0) is 11.2 Å². The average Bonchev–Trinajstić information content (AvgIpc) is 2.29. The second kappa shape index (κ2) is 6.12. The highest BCUT2D eigenvalue weighted by Gasteiger charge is 2.16. The molecule has 0 aromatic heterocycles. The van der Waals surface area contributed by atoms with Gasteiger partial charge in [-0.1, -0.05) is 13.0 Å². The van der Waals surface area contributed by atoms with Gasteiger partial charge >= 0.3 is 5.97 Å². The van der Waals surface area contributed by atoms with Crippen molar-refractivity contribution in [3.63, 3.8) is 0 Å². The summed E-state index contributed by atoms with van der Waals surface area (Å²) in [5.74, 6) is -1.33. The van der Waals surface area contributed by atoms with Gasteiger partial charge in [0.25, 0.3) is 0 Å². The van der Waals surface area contributed by atoms with Crippen molar-refractivity contribution in [1.82, 2.24) is 0 Å². The maximum absolute atomic E-state index is 13.8. The van der Waals surface area contributed by atoms with Crippen LogP contribution in [0, 0.1) is 5.82 Å². The van der Waals surface area contributed by atoms with Crippen LogP contribution in [0.5, 0.6) is 0 Å². The van der Waals surface area contributed by atoms with Gasteiger partial charge in [-0.05, 0) is 40.4 Å². The highest BCUT2D eigenvalue weighted by molar-refractivity contribution is 9.10. The highest BCUT2D eigenvalue weighted by atomic mass is 79.9. The van der Waals surface area contributed by atoms with Crippen molar-refractivity contribution in [3.05, 3.63) is 33.5 Å². The number of aliphatic carboxylic acids is 1. The Labute approximate surface area is 108 Å². The Bertz CT molecular complexity index is 423. The second-order valence-corrected chi connectivity index (χ2v) is 4.73. The Morgan fingerprint density at radius 1 is 1.59 bits per heavy atom. The van der Waals surface area contributed by atoms with Crippen LogP contribution in [-0.4, -0.2) is 11.1 Å². The number of aryl methyl sites for hydroxylation is 1. The van der Waals surface area contributed by atoms with Gasteiger partial charge in [0, 0.05) is 18.0 Å². The van der Waals surface area contributed by atoms with E-state index in [-0.39, 0.29) is 12.8 Å². The minimum absolute atomic E-state index is 0.0609. The van der Waals surface area contributed by atoms with Crippen LogP contribution < -0.4 is 5.73 Å². The average molecular weight is 304 g/mol. The molecule has 0 saturated carbocycles. The predicted octanol–water partition coefficient (Wildman–Crippen LogP) is 3.02. The lowest BCUT2D eigenvalue weighted by Gasteiger charge is -2.14. The summed E-state index contributed by atoms with van der Waals surface area (Å²) in [5, 5.41) is 8.58. The van der Waals surface area contributed by atoms with E-state index in [0.717, 1.165) is 12.0 Å². The summed E-state index contributed by atoms with van der Waals surface area (Å²) in [7, 11) is 0. The van der Waals surface area contributed by atoms with Gasteiger partial charge in [0.05, 0.1) is 4.47 Å². The fourth-order valence-electron chi connectivity index (χ4n) is 1.58. The molecule has 3 N–H and O–H groups in total. The number of carboxylic acids is 1. The molecule has 1 unspecified atom stereocenters. The largest absolute Gasteiger partial charge is 0.481 e. The molecular formula is C12H15BrFNO2. The van der Waals surface area contributed by atoms with E-state index in [4.69, 9.17) is 10.8 Å². The van der Waals surface area contributed by atoms with Crippen LogP contribution >= 0.6 is 15.9 Å². The van der Waals surface area contributed by atoms with Crippen LogP contribution in [0.3, 0.4) is 0 Å². The molecule has 0 spiro atoms. The monoisotopic (exact) mass is 303 g/mol. The first-order valence-corrected chi connectivity index (χ1v) is 6.20. The first-order chi connectivity index (χ1) is 7.95. The Morgan fingerprint density at radius 2 is 2.24 bits per heavy atom. The van der Waals surface area contributed by atoms with E-state index in [1.165, 1.54) is 0 Å². The molecule has 0 fully saturated rings. The molecule has 3 nitrogen and oxygen atoms in total. The number of hydrogen-bond acceptors (Lipinski definition) is 2. The smallest absolute Gasteiger partial charge is 0.303 e. The third kappa shape index (κ3) is 3.78. The number of rotatable bonds is 5. The van der Waals surface area contributed by atoms with Gasteiger partial charge in [0.15, 0.2) is 0 Å². The molecule has 5 heteroatoms. The summed E-state index contributed by atoms with van der Waals surface area (Å²) in [6.45, 7) is 1.96. The molecule has 1 aromatic rings. The molecule has 0 aliphatic rings. The molecule has 1 atom stereocenters. The van der Waals surface area contributed by atoms with E-state index in [0.29, 0.717) is 10.0 Å². The van der Waals surface area contributed by atoms with Gasteiger partial charge in [-0.2, -0.15) is 0 Å². The Balaban J connectivity index is 2.95. The van der Waals surface area contributed by atoms with Crippen molar-refractivity contribution >= 4 is 21.9 Å². The third-order valence-corrected chi connectivity index (χ3v) is 3.17. The Hall–Kier alpha value is -0.940. The minimum atomic E-state index is -0.924. The standard InChI is InChI=1S/C12H15BrFNO2/c1-2-7-5-8(12(14)9(13)6-7)10(15)3-4-11(16)17/h5-6,10H,2-4,15H2,1H3,(H,16,17). The van der Waals surface area contributed by atoms with Gasteiger partial charge in [0.1, 0.15) is 5.82 Å². The number of halogens is 2. The van der Waals surface area contributed by atoms with Crippen molar-refractivity contribution in [3.8, 4) is 0 Å². The fourth-order valence-corrected chi connectivity index (χ4v) is 2.10. The first-order valence-electron chi connectivity index (χ1n) is 5.40. The molecule has 1 rings (SSSR count). The molecule has 94 valence electrons. The number of nitrogens with two attached hydrogens (primary N) is 1. The molecule has 1 aromatic carbocycles. The van der Waals surface area contributed by atoms with Crippen molar-refractivity contribution in [2.75, 3.05) is 0 Å². The number of carbonyl (C=O) groups is 1. The zero-order chi connectivity index (χ0) is 13.0. The summed E-state index contributed by atoms with van der Waals surface area (Å²) in [4.78, 5) is 10.5. The maximum Gasteiger partial charge on any atom is 0.303 e. The van der Waals surface area contributed by atoms with E-state index in [9.17, 15) is 9.18 Å². The summed E-state index contributed by atoms with van der Waals surface area (Å²) in [6.07, 6.45) is 0.942. The minimum Gasteiger partial charge on any atom is -0.481 e. The zero-order valence-electron chi connectivity index (χ0n) is 9.54. The number of carboxylic acid groups (broad SMARTS) is 1. The van der Waals surface area contributed by atoms with Crippen LogP contribution in [0.4, 0.5) is 4.39 Å². The van der Waals surface area contributed by atoms with Crippen molar-refractivity contribution in [1.29, 1.82) is 0 Å². The predicted molar refractivity (Wildman–Crippen MR) is 67.3 cm³/mol. The van der Waals surface area contributed by atoms with Crippen molar-refractivity contribution in [2.24, 2.45) is 5.73 Å². The Morgan fingerprint density at radius 3 is 2.76 bits per heavy atom. The van der Waals surface area contributed by atoms with Crippen molar-refractivity contribution in [2.45, 2.75) is 32.2 Å². The maximum atomic E-state index is 13.8. The molecule has 0 aliphatic heterocycles. The van der Waals surface area contributed by atoms with E-state index in [1.807, 2.05) is 6.92 Å². The van der Waals surface area contributed by atoms with Gasteiger partial charge in [-0.25, -0.2) is 4.39 Å². The van der Waals surface area contributed by atoms with Gasteiger partial charge in [-0.15, -0.1) is 0 Å². The SMILES string of the molecule is CCc1cc(Br)c(F)c(C(N)CCC(=O)O)c1. The van der Waals surface area contributed by atoms with Gasteiger partial charge in [0.2, 0.25) is 0 Å². The molecular weight excluding hydrogens is 289 g/mol. The summed E-state index contributed by atoms with van der Waals surface area (Å²) in [5.41, 5.74) is 7.16. The lowest BCUT2D eigenvalue weighted by molar-refractivity contribution is -0.137. The molecule has 0 aliphatic carbocycles. The van der Waals surface area contributed by atoms with Gasteiger partial charge in [-0.3, -0.25) is 4.79 Å². The lowest BCUT2D eigenvalue weighted by Crippen LogP contribution is -2.14. The molecule has 0 heterocycles. The molecule has 17 heavy (non-hydrogen) atoms. The fraction of sp³-hybridized carbons (Fsp3) is 0.417. The number of benzene rings is 1. The second-order valence-electron chi connectivity index (χ2n) is 3.87. The lowest BCUT2D eigenvalue weighted by atomic mass is 9.99. The quantitative estimate of drug-likeness (QED) is 0.879. The van der Waals surface area contributed by atoms with Crippen molar-refractivity contribution < 1.29 is 14.3 Å².